The van der Waals surface area contributed by atoms with Gasteiger partial charge in [-0.2, -0.15) is 0 Å². The van der Waals surface area contributed by atoms with Gasteiger partial charge in [0.05, 0.1) is 20.0 Å². The van der Waals surface area contributed by atoms with Gasteiger partial charge in [-0.15, -0.1) is 34.4 Å². The molecule has 4 heterocycles. The van der Waals surface area contributed by atoms with Crippen LogP contribution in [0.5, 0.6) is 0 Å². The van der Waals surface area contributed by atoms with Crippen LogP contribution in [-0.2, 0) is 27.2 Å². The molecule has 12 heteroatoms. The van der Waals surface area contributed by atoms with Gasteiger partial charge in [0.15, 0.2) is 0 Å². The number of nitrogens with one attached hydrogen (secondary N) is 1. The summed E-state index contributed by atoms with van der Waals surface area (Å²) in [7, 11) is 0. The van der Waals surface area contributed by atoms with Crippen LogP contribution in [0.1, 0.15) is 11.1 Å². The lowest BCUT2D eigenvalue weighted by Gasteiger charge is -2.53. The van der Waals surface area contributed by atoms with Gasteiger partial charge in [0.2, 0.25) is 17.2 Å². The molecule has 3 aromatic rings. The maximum Gasteiger partial charge on any atom is 0.316 e. The number of amides is 2. The van der Waals surface area contributed by atoms with Gasteiger partial charge in [0, 0.05) is 17.9 Å². The van der Waals surface area contributed by atoms with Crippen molar-refractivity contribution in [3.63, 3.8) is 0 Å². The number of aliphatic carboxylic acids is 1. The van der Waals surface area contributed by atoms with E-state index in [1.54, 1.807) is 11.5 Å². The fourth-order valence-corrected chi connectivity index (χ4v) is 9.40. The van der Waals surface area contributed by atoms with Gasteiger partial charge in [-0.05, 0) is 35.4 Å². The number of carbonyl (C=O) groups excluding carboxylic acids is 2. The van der Waals surface area contributed by atoms with E-state index in [2.05, 4.69) is 5.32 Å². The maximum absolute atomic E-state index is 12.9. The summed E-state index contributed by atoms with van der Waals surface area (Å²) in [5, 5.41) is 16.2. The minimum absolute atomic E-state index is 0.0226. The molecule has 3 atom stereocenters. The summed E-state index contributed by atoms with van der Waals surface area (Å²) in [4.78, 5) is 52.2. The molecule has 5 rings (SSSR count). The summed E-state index contributed by atoms with van der Waals surface area (Å²) in [5.41, 5.74) is 5.96. The van der Waals surface area contributed by atoms with Gasteiger partial charge in [-0.1, -0.05) is 48.2 Å². The Balaban J connectivity index is 1.27. The van der Waals surface area contributed by atoms with Crippen molar-refractivity contribution in [2.45, 2.75) is 28.5 Å². The summed E-state index contributed by atoms with van der Waals surface area (Å²) in [6.45, 7) is 0.365. The molecule has 2 aliphatic heterocycles. The van der Waals surface area contributed by atoms with E-state index in [9.17, 15) is 24.3 Å². The van der Waals surface area contributed by atoms with Crippen molar-refractivity contribution in [2.24, 2.45) is 11.1 Å². The second-order valence-electron chi connectivity index (χ2n) is 9.11. The van der Waals surface area contributed by atoms with Gasteiger partial charge in [-0.25, -0.2) is 0 Å². The Morgan fingerprint density at radius 3 is 2.76 bits per heavy atom. The molecule has 0 spiro atoms. The zero-order chi connectivity index (χ0) is 26.9. The molecule has 2 aliphatic rings. The van der Waals surface area contributed by atoms with Gasteiger partial charge in [-0.3, -0.25) is 19.2 Å². The number of nitrogens with zero attached hydrogens (tertiary/aromatic N) is 1. The number of thiophene rings is 1. The normalized spacial score (nSPS) is 22.9. The van der Waals surface area contributed by atoms with Crippen LogP contribution < -0.4 is 16.5 Å². The van der Waals surface area contributed by atoms with Crippen LogP contribution in [0.25, 0.3) is 9.40 Å². The molecular weight excluding hydrogens is 563 g/mol. The number of thioether (sulfide) groups is 2. The Hall–Kier alpha value is -2.64. The first kappa shape index (κ1) is 26.9. The summed E-state index contributed by atoms with van der Waals surface area (Å²) in [6, 6.07) is 10.5. The first-order valence-electron chi connectivity index (χ1n) is 11.9. The first-order chi connectivity index (χ1) is 18.3. The first-order valence-corrected chi connectivity index (χ1v) is 15.5. The summed E-state index contributed by atoms with van der Waals surface area (Å²) in [5.74, 6) is -1.28. The van der Waals surface area contributed by atoms with E-state index >= 15 is 0 Å². The molecule has 0 radical (unpaired) electrons. The highest BCUT2D eigenvalue weighted by Crippen LogP contribution is 2.44. The van der Waals surface area contributed by atoms with E-state index in [1.807, 2.05) is 41.8 Å². The number of fused-ring (bicyclic) bond motifs is 2. The standard InChI is InChI=1S/C26H25N3O5S4/c27-9-6-16-20(31)21-17(7-10-35-21)38-24(16)36-11-8-26(25(33)34)13-29-22(32)19(23(29)37-14-26)28-18(30)12-15-4-2-1-3-5-15/h1-5,7-8,10-11,19,23H,6,9,12-14,27H2,(H,28,30)(H,33,34)/t19?,23-,26?/m1/s1. The van der Waals surface area contributed by atoms with Crippen molar-refractivity contribution >= 4 is 73.4 Å². The zero-order valence-corrected chi connectivity index (χ0v) is 23.4. The summed E-state index contributed by atoms with van der Waals surface area (Å²) < 4.78 is 2.41. The SMILES string of the molecule is NCCc1c(SC=CC2(C(=O)O)CS[C@@H]3C(NC(=O)Cc4ccccc4)C(=O)N3C2)sc2ccsc2c1=O. The molecule has 4 N–H and O–H groups in total. The van der Waals surface area contributed by atoms with Crippen LogP contribution in [0, 0.1) is 5.41 Å². The van der Waals surface area contributed by atoms with Crippen molar-refractivity contribution < 1.29 is 19.5 Å². The molecular formula is C26H25N3O5S4. The number of carboxylic acid groups (broad SMARTS) is 1. The van der Waals surface area contributed by atoms with Crippen molar-refractivity contribution in [1.82, 2.24) is 10.2 Å². The van der Waals surface area contributed by atoms with Crippen LogP contribution in [0.3, 0.4) is 0 Å². The molecule has 0 aliphatic carbocycles. The number of carboxylic acids is 1. The Morgan fingerprint density at radius 1 is 1.24 bits per heavy atom. The van der Waals surface area contributed by atoms with E-state index in [0.29, 0.717) is 23.2 Å². The fraction of sp³-hybridized carbons (Fsp3) is 0.308. The zero-order valence-electron chi connectivity index (χ0n) is 20.1. The largest absolute Gasteiger partial charge is 0.481 e. The minimum Gasteiger partial charge on any atom is -0.481 e. The third-order valence-electron chi connectivity index (χ3n) is 6.57. The predicted molar refractivity (Wildman–Crippen MR) is 154 cm³/mol. The molecule has 198 valence electrons. The number of hydrogen-bond acceptors (Lipinski definition) is 9. The monoisotopic (exact) mass is 587 g/mol. The quantitative estimate of drug-likeness (QED) is 0.257. The van der Waals surface area contributed by atoms with Crippen LogP contribution in [0.2, 0.25) is 0 Å². The molecule has 1 aromatic carbocycles. The topological polar surface area (TPSA) is 130 Å². The van der Waals surface area contributed by atoms with Gasteiger partial charge in [0.1, 0.15) is 16.8 Å². The molecule has 2 amide bonds. The van der Waals surface area contributed by atoms with E-state index in [4.69, 9.17) is 5.73 Å². The predicted octanol–water partition coefficient (Wildman–Crippen LogP) is 3.14. The van der Waals surface area contributed by atoms with Crippen molar-refractivity contribution in [1.29, 1.82) is 0 Å². The molecule has 0 bridgehead atoms. The minimum atomic E-state index is -1.27. The van der Waals surface area contributed by atoms with Crippen LogP contribution in [0.15, 0.2) is 62.3 Å². The Kier molecular flexibility index (Phi) is 7.96. The van der Waals surface area contributed by atoms with Crippen LogP contribution in [0.4, 0.5) is 0 Å². The Morgan fingerprint density at radius 2 is 2.03 bits per heavy atom. The molecule has 38 heavy (non-hydrogen) atoms. The lowest BCUT2D eigenvalue weighted by Crippen LogP contribution is -2.73. The smallest absolute Gasteiger partial charge is 0.316 e. The van der Waals surface area contributed by atoms with E-state index < -0.39 is 17.4 Å². The van der Waals surface area contributed by atoms with Crippen molar-refractivity contribution in [3.05, 3.63) is 74.6 Å². The number of carbonyl (C=O) groups is 3. The molecule has 8 nitrogen and oxygen atoms in total. The third kappa shape index (κ3) is 5.15. The number of benzene rings is 1. The number of β-lactam (4-membered cyclic amide) rings is 1. The lowest BCUT2D eigenvalue weighted by atomic mass is 9.87. The van der Waals surface area contributed by atoms with Crippen LogP contribution >= 0.6 is 46.2 Å². The van der Waals surface area contributed by atoms with E-state index in [0.717, 1.165) is 14.5 Å². The summed E-state index contributed by atoms with van der Waals surface area (Å²) >= 11 is 5.58. The van der Waals surface area contributed by atoms with Gasteiger partial charge in [0.25, 0.3) is 0 Å². The van der Waals surface area contributed by atoms with Crippen molar-refractivity contribution in [2.75, 3.05) is 18.8 Å². The lowest BCUT2D eigenvalue weighted by molar-refractivity contribution is -0.156. The highest BCUT2D eigenvalue weighted by Gasteiger charge is 2.56. The number of nitrogens with two attached hydrogens (primary N) is 1. The number of rotatable bonds is 9. The second kappa shape index (κ2) is 11.2. The van der Waals surface area contributed by atoms with Crippen molar-refractivity contribution in [3.8, 4) is 0 Å². The average Bonchev–Trinajstić information content (AvgIpc) is 3.39. The maximum atomic E-state index is 12.9. The van der Waals surface area contributed by atoms with Gasteiger partial charge < -0.3 is 21.1 Å². The fourth-order valence-electron chi connectivity index (χ4n) is 4.52. The Bertz CT molecular complexity index is 1470. The molecule has 2 unspecified atom stereocenters. The van der Waals surface area contributed by atoms with E-state index in [1.165, 1.54) is 51.1 Å². The third-order valence-corrected chi connectivity index (χ3v) is 11.4. The molecule has 2 aromatic heterocycles. The second-order valence-corrected chi connectivity index (χ2v) is 13.4. The summed E-state index contributed by atoms with van der Waals surface area (Å²) in [6.07, 6.45) is 2.25. The molecule has 2 saturated heterocycles. The number of hydrogen-bond donors (Lipinski definition) is 3. The average molecular weight is 588 g/mol. The Labute approximate surface area is 235 Å². The highest BCUT2D eigenvalue weighted by atomic mass is 32.2. The van der Waals surface area contributed by atoms with Gasteiger partial charge >= 0.3 is 5.97 Å². The molecule has 0 saturated carbocycles. The highest BCUT2D eigenvalue weighted by molar-refractivity contribution is 8.04. The van der Waals surface area contributed by atoms with E-state index in [-0.39, 0.29) is 41.3 Å². The molecule has 2 fully saturated rings. The van der Waals surface area contributed by atoms with Crippen LogP contribution in [-0.4, -0.2) is 58.0 Å².